The molecule has 2 rings (SSSR count). The molecule has 4 heteroatoms. The first-order valence-electron chi connectivity index (χ1n) is 6.97. The van der Waals surface area contributed by atoms with Crippen molar-refractivity contribution in [1.29, 1.82) is 0 Å². The summed E-state index contributed by atoms with van der Waals surface area (Å²) in [6.07, 6.45) is 1.83. The van der Waals surface area contributed by atoms with E-state index >= 15 is 0 Å². The summed E-state index contributed by atoms with van der Waals surface area (Å²) in [7, 11) is 0. The van der Waals surface area contributed by atoms with E-state index in [1.165, 1.54) is 16.0 Å². The molecule has 0 aliphatic heterocycles. The van der Waals surface area contributed by atoms with Gasteiger partial charge in [-0.15, -0.1) is 0 Å². The second-order valence-corrected chi connectivity index (χ2v) is 8.10. The number of nitrogens with zero attached hydrogens (tertiary/aromatic N) is 1. The molecule has 0 spiro atoms. The molecule has 112 valence electrons. The molecular formula is C17H21BrN2S. The van der Waals surface area contributed by atoms with Gasteiger partial charge in [-0.2, -0.15) is 0 Å². The predicted molar refractivity (Wildman–Crippen MR) is 93.8 cm³/mol. The molecule has 0 aliphatic carbocycles. The highest BCUT2D eigenvalue weighted by Gasteiger charge is 2.09. The van der Waals surface area contributed by atoms with Crippen molar-refractivity contribution in [3.63, 3.8) is 0 Å². The molecule has 2 aromatic rings. The third kappa shape index (κ3) is 5.46. The molecule has 0 saturated carbocycles. The van der Waals surface area contributed by atoms with Crippen molar-refractivity contribution in [3.05, 3.63) is 52.1 Å². The average molecular weight is 365 g/mol. The standard InChI is InChI=1S/C17H21BrN2S/c1-12-9-13(10-20-17(2,3)4)5-7-15(12)21-16-8-6-14(18)11-19-16/h5-9,11,20H,10H2,1-4H3. The minimum absolute atomic E-state index is 0.142. The van der Waals surface area contributed by atoms with Gasteiger partial charge in [-0.25, -0.2) is 4.98 Å². The molecule has 0 aliphatic rings. The number of pyridine rings is 1. The van der Waals surface area contributed by atoms with Crippen molar-refractivity contribution in [2.24, 2.45) is 0 Å². The Labute approximate surface area is 139 Å². The average Bonchev–Trinajstić information content (AvgIpc) is 2.41. The highest BCUT2D eigenvalue weighted by Crippen LogP contribution is 2.30. The molecule has 0 saturated heterocycles. The zero-order valence-electron chi connectivity index (χ0n) is 12.9. The van der Waals surface area contributed by atoms with Gasteiger partial charge in [0.05, 0.1) is 0 Å². The molecule has 0 atom stereocenters. The maximum Gasteiger partial charge on any atom is 0.101 e. The van der Waals surface area contributed by atoms with Gasteiger partial charge >= 0.3 is 0 Å². The van der Waals surface area contributed by atoms with Gasteiger partial charge in [0, 0.05) is 27.6 Å². The normalized spacial score (nSPS) is 11.7. The Hall–Kier alpha value is -0.840. The van der Waals surface area contributed by atoms with Crippen LogP contribution >= 0.6 is 27.7 Å². The number of aryl methyl sites for hydroxylation is 1. The molecule has 21 heavy (non-hydrogen) atoms. The predicted octanol–water partition coefficient (Wildman–Crippen LogP) is 5.19. The zero-order chi connectivity index (χ0) is 15.5. The van der Waals surface area contributed by atoms with E-state index in [2.05, 4.69) is 72.1 Å². The Kier molecular flexibility index (Phi) is 5.47. The van der Waals surface area contributed by atoms with E-state index in [0.717, 1.165) is 16.0 Å². The number of hydrogen-bond acceptors (Lipinski definition) is 3. The van der Waals surface area contributed by atoms with Gasteiger partial charge < -0.3 is 5.32 Å². The van der Waals surface area contributed by atoms with Gasteiger partial charge in [0.15, 0.2) is 0 Å². The summed E-state index contributed by atoms with van der Waals surface area (Å²) in [6, 6.07) is 10.7. The van der Waals surface area contributed by atoms with Gasteiger partial charge in [0.1, 0.15) is 5.03 Å². The Morgan fingerprint density at radius 3 is 2.52 bits per heavy atom. The molecule has 0 amide bonds. The fourth-order valence-electron chi connectivity index (χ4n) is 1.84. The quantitative estimate of drug-likeness (QED) is 0.807. The third-order valence-electron chi connectivity index (χ3n) is 2.98. The second-order valence-electron chi connectivity index (χ2n) is 6.12. The molecule has 1 heterocycles. The van der Waals surface area contributed by atoms with Crippen molar-refractivity contribution in [1.82, 2.24) is 10.3 Å². The SMILES string of the molecule is Cc1cc(CNC(C)(C)C)ccc1Sc1ccc(Br)cn1. The van der Waals surface area contributed by atoms with Crippen LogP contribution in [0.5, 0.6) is 0 Å². The molecule has 0 fully saturated rings. The lowest BCUT2D eigenvalue weighted by atomic mass is 10.1. The Morgan fingerprint density at radius 1 is 1.19 bits per heavy atom. The molecule has 1 N–H and O–H groups in total. The van der Waals surface area contributed by atoms with E-state index in [-0.39, 0.29) is 5.54 Å². The Bertz CT molecular complexity index is 603. The van der Waals surface area contributed by atoms with Crippen LogP contribution in [0.25, 0.3) is 0 Å². The summed E-state index contributed by atoms with van der Waals surface area (Å²) in [5.74, 6) is 0. The van der Waals surface area contributed by atoms with E-state index in [1.807, 2.05) is 18.3 Å². The maximum absolute atomic E-state index is 4.41. The molecular weight excluding hydrogens is 344 g/mol. The van der Waals surface area contributed by atoms with Crippen LogP contribution < -0.4 is 5.32 Å². The molecule has 0 radical (unpaired) electrons. The fourth-order valence-corrected chi connectivity index (χ4v) is 2.90. The van der Waals surface area contributed by atoms with E-state index in [9.17, 15) is 0 Å². The van der Waals surface area contributed by atoms with Gasteiger partial charge in [0.2, 0.25) is 0 Å². The van der Waals surface area contributed by atoms with Crippen LogP contribution in [-0.4, -0.2) is 10.5 Å². The topological polar surface area (TPSA) is 24.9 Å². The van der Waals surface area contributed by atoms with E-state index in [0.29, 0.717) is 0 Å². The van der Waals surface area contributed by atoms with Gasteiger partial charge in [-0.1, -0.05) is 23.9 Å². The number of nitrogens with one attached hydrogen (secondary N) is 1. The summed E-state index contributed by atoms with van der Waals surface area (Å²) in [4.78, 5) is 5.66. The molecule has 1 aromatic heterocycles. The van der Waals surface area contributed by atoms with Gasteiger partial charge in [0.25, 0.3) is 0 Å². The zero-order valence-corrected chi connectivity index (χ0v) is 15.3. The molecule has 1 aromatic carbocycles. The van der Waals surface area contributed by atoms with Crippen LogP contribution in [0.1, 0.15) is 31.9 Å². The van der Waals surface area contributed by atoms with Crippen molar-refractivity contribution in [3.8, 4) is 0 Å². The lowest BCUT2D eigenvalue weighted by Gasteiger charge is -2.21. The number of aromatic nitrogens is 1. The first-order valence-corrected chi connectivity index (χ1v) is 8.58. The number of benzene rings is 1. The first kappa shape index (κ1) is 16.5. The minimum atomic E-state index is 0.142. The summed E-state index contributed by atoms with van der Waals surface area (Å²) in [5.41, 5.74) is 2.75. The van der Waals surface area contributed by atoms with Crippen LogP contribution in [0.3, 0.4) is 0 Å². The monoisotopic (exact) mass is 364 g/mol. The summed E-state index contributed by atoms with van der Waals surface area (Å²) < 4.78 is 1.01. The van der Waals surface area contributed by atoms with Crippen LogP contribution in [0, 0.1) is 6.92 Å². The third-order valence-corrected chi connectivity index (χ3v) is 4.57. The van der Waals surface area contributed by atoms with Crippen LogP contribution in [-0.2, 0) is 6.54 Å². The largest absolute Gasteiger partial charge is 0.308 e. The summed E-state index contributed by atoms with van der Waals surface area (Å²) in [6.45, 7) is 9.60. The van der Waals surface area contributed by atoms with E-state index < -0.39 is 0 Å². The van der Waals surface area contributed by atoms with Gasteiger partial charge in [-0.05, 0) is 73.0 Å². The highest BCUT2D eigenvalue weighted by molar-refractivity contribution is 9.10. The van der Waals surface area contributed by atoms with Crippen molar-refractivity contribution >= 4 is 27.7 Å². The first-order chi connectivity index (χ1) is 9.83. The molecule has 2 nitrogen and oxygen atoms in total. The van der Waals surface area contributed by atoms with Crippen molar-refractivity contribution in [2.75, 3.05) is 0 Å². The smallest absolute Gasteiger partial charge is 0.101 e. The minimum Gasteiger partial charge on any atom is -0.308 e. The van der Waals surface area contributed by atoms with Crippen molar-refractivity contribution in [2.45, 2.75) is 49.7 Å². The summed E-state index contributed by atoms with van der Waals surface area (Å²) in [5, 5.41) is 4.53. The van der Waals surface area contributed by atoms with Crippen molar-refractivity contribution < 1.29 is 0 Å². The second kappa shape index (κ2) is 6.95. The lowest BCUT2D eigenvalue weighted by Crippen LogP contribution is -2.35. The molecule has 0 bridgehead atoms. The molecule has 0 unspecified atom stereocenters. The van der Waals surface area contributed by atoms with E-state index in [1.54, 1.807) is 11.8 Å². The maximum atomic E-state index is 4.41. The van der Waals surface area contributed by atoms with Gasteiger partial charge in [-0.3, -0.25) is 0 Å². The number of rotatable bonds is 4. The van der Waals surface area contributed by atoms with E-state index in [4.69, 9.17) is 0 Å². The highest BCUT2D eigenvalue weighted by atomic mass is 79.9. The number of hydrogen-bond donors (Lipinski definition) is 1. The van der Waals surface area contributed by atoms with Crippen LogP contribution in [0.15, 0.2) is 50.9 Å². The Morgan fingerprint density at radius 2 is 1.95 bits per heavy atom. The number of halogens is 1. The lowest BCUT2D eigenvalue weighted by molar-refractivity contribution is 0.424. The Balaban J connectivity index is 2.07. The van der Waals surface area contributed by atoms with Crippen LogP contribution in [0.2, 0.25) is 0 Å². The van der Waals surface area contributed by atoms with Crippen LogP contribution in [0.4, 0.5) is 0 Å². The summed E-state index contributed by atoms with van der Waals surface area (Å²) >= 11 is 5.11. The fraction of sp³-hybridized carbons (Fsp3) is 0.353.